The minimum absolute atomic E-state index is 0.0806. The summed E-state index contributed by atoms with van der Waals surface area (Å²) in [4.78, 5) is 17.4. The van der Waals surface area contributed by atoms with Crippen LogP contribution in [0.15, 0.2) is 53.8 Å². The van der Waals surface area contributed by atoms with E-state index in [0.29, 0.717) is 16.7 Å². The Kier molecular flexibility index (Phi) is 4.68. The summed E-state index contributed by atoms with van der Waals surface area (Å²) in [6, 6.07) is 10.4. The molecular formula is C20H15F3N4O2. The second-order valence-electron chi connectivity index (χ2n) is 6.93. The molecule has 1 aliphatic carbocycles. The van der Waals surface area contributed by atoms with Crippen molar-refractivity contribution in [2.45, 2.75) is 31.0 Å². The van der Waals surface area contributed by atoms with Crippen LogP contribution in [-0.2, 0) is 6.18 Å². The number of benzene rings is 2. The molecule has 0 saturated heterocycles. The molecule has 1 heterocycles. The summed E-state index contributed by atoms with van der Waals surface area (Å²) in [6.07, 6.45) is -1.49. The first kappa shape index (κ1) is 18.9. The molecule has 29 heavy (non-hydrogen) atoms. The summed E-state index contributed by atoms with van der Waals surface area (Å²) in [7, 11) is 0. The lowest BCUT2D eigenvalue weighted by Gasteiger charge is -2.35. The number of halogens is 3. The quantitative estimate of drug-likeness (QED) is 0.332. The fourth-order valence-electron chi connectivity index (χ4n) is 3.51. The van der Waals surface area contributed by atoms with Crippen molar-refractivity contribution < 1.29 is 22.7 Å². The van der Waals surface area contributed by atoms with Gasteiger partial charge in [0.25, 0.3) is 5.91 Å². The summed E-state index contributed by atoms with van der Waals surface area (Å²) >= 11 is 0. The maximum Gasteiger partial charge on any atom is 0.416 e. The average molecular weight is 400 g/mol. The Morgan fingerprint density at radius 1 is 1.17 bits per heavy atom. The molecule has 1 aromatic heterocycles. The highest BCUT2D eigenvalue weighted by Gasteiger charge is 2.33. The van der Waals surface area contributed by atoms with Crippen molar-refractivity contribution in [2.24, 2.45) is 5.11 Å². The third-order valence-corrected chi connectivity index (χ3v) is 5.12. The lowest BCUT2D eigenvalue weighted by molar-refractivity contribution is -0.137. The Hall–Kier alpha value is -3.45. The summed E-state index contributed by atoms with van der Waals surface area (Å²) in [5.41, 5.74) is 9.86. The number of aromatic nitrogens is 1. The number of hydrogen-bond donors (Lipinski definition) is 1. The minimum Gasteiger partial charge on any atom is -0.490 e. The second kappa shape index (κ2) is 7.18. The van der Waals surface area contributed by atoms with Crippen molar-refractivity contribution in [1.29, 1.82) is 0 Å². The zero-order valence-electron chi connectivity index (χ0n) is 15.0. The monoisotopic (exact) mass is 400 g/mol. The SMILES string of the molecule is [N-]=[N+]=NC(=O)c1c[nH]c2ccc([C@H]3C[C@H](Oc4ccc(C(F)(F)F)cc4)C3)cc12. The highest BCUT2D eigenvalue weighted by atomic mass is 19.4. The van der Waals surface area contributed by atoms with Gasteiger partial charge in [-0.15, -0.1) is 0 Å². The van der Waals surface area contributed by atoms with Crippen LogP contribution in [0.3, 0.4) is 0 Å². The van der Waals surface area contributed by atoms with Crippen molar-refractivity contribution in [2.75, 3.05) is 0 Å². The summed E-state index contributed by atoms with van der Waals surface area (Å²) in [5, 5.41) is 3.82. The van der Waals surface area contributed by atoms with Crippen molar-refractivity contribution in [3.05, 3.63) is 75.8 Å². The van der Waals surface area contributed by atoms with E-state index in [2.05, 4.69) is 15.0 Å². The first-order valence-electron chi connectivity index (χ1n) is 8.89. The number of aromatic amines is 1. The van der Waals surface area contributed by atoms with Crippen LogP contribution >= 0.6 is 0 Å². The van der Waals surface area contributed by atoms with Gasteiger partial charge in [0.1, 0.15) is 5.75 Å². The zero-order chi connectivity index (χ0) is 20.6. The Balaban J connectivity index is 1.43. The van der Waals surface area contributed by atoms with E-state index in [1.54, 1.807) is 0 Å². The number of rotatable bonds is 4. The Bertz CT molecular complexity index is 1110. The lowest BCUT2D eigenvalue weighted by atomic mass is 9.77. The van der Waals surface area contributed by atoms with E-state index in [0.717, 1.165) is 36.1 Å². The third kappa shape index (κ3) is 3.77. The molecule has 0 unspecified atom stereocenters. The van der Waals surface area contributed by atoms with Crippen LogP contribution in [0, 0.1) is 0 Å². The number of amides is 1. The lowest BCUT2D eigenvalue weighted by Crippen LogP contribution is -2.32. The van der Waals surface area contributed by atoms with Crippen molar-refractivity contribution in [3.8, 4) is 5.75 Å². The van der Waals surface area contributed by atoms with Crippen LogP contribution in [0.1, 0.15) is 40.2 Å². The van der Waals surface area contributed by atoms with Crippen LogP contribution in [0.2, 0.25) is 0 Å². The van der Waals surface area contributed by atoms with Gasteiger partial charge in [0.2, 0.25) is 0 Å². The van der Waals surface area contributed by atoms with E-state index < -0.39 is 17.6 Å². The molecule has 1 amide bonds. The molecule has 1 fully saturated rings. The van der Waals surface area contributed by atoms with E-state index in [1.165, 1.54) is 18.3 Å². The molecule has 1 N–H and O–H groups in total. The van der Waals surface area contributed by atoms with Gasteiger partial charge in [0, 0.05) is 27.6 Å². The Labute approximate surface area is 162 Å². The average Bonchev–Trinajstić information content (AvgIpc) is 3.07. The van der Waals surface area contributed by atoms with Crippen LogP contribution in [-0.4, -0.2) is 17.0 Å². The highest BCUT2D eigenvalue weighted by Crippen LogP contribution is 2.40. The molecule has 0 radical (unpaired) electrons. The Morgan fingerprint density at radius 2 is 1.90 bits per heavy atom. The van der Waals surface area contributed by atoms with Gasteiger partial charge in [-0.25, -0.2) is 0 Å². The number of H-pyrrole nitrogens is 1. The van der Waals surface area contributed by atoms with E-state index in [-0.39, 0.29) is 12.0 Å². The van der Waals surface area contributed by atoms with Crippen molar-refractivity contribution in [1.82, 2.24) is 4.98 Å². The molecule has 9 heteroatoms. The zero-order valence-corrected chi connectivity index (χ0v) is 15.0. The maximum atomic E-state index is 12.6. The van der Waals surface area contributed by atoms with Crippen LogP contribution in [0.25, 0.3) is 21.3 Å². The number of carbonyl (C=O) groups excluding carboxylic acids is 1. The molecular weight excluding hydrogens is 385 g/mol. The van der Waals surface area contributed by atoms with Crippen LogP contribution in [0.4, 0.5) is 13.2 Å². The summed E-state index contributed by atoms with van der Waals surface area (Å²) < 4.78 is 43.6. The smallest absolute Gasteiger partial charge is 0.416 e. The van der Waals surface area contributed by atoms with Gasteiger partial charge in [-0.05, 0) is 71.4 Å². The molecule has 4 rings (SSSR count). The predicted octanol–water partition coefficient (Wildman–Crippen LogP) is 5.96. The minimum atomic E-state index is -4.37. The van der Waals surface area contributed by atoms with Gasteiger partial charge in [-0.2, -0.15) is 13.2 Å². The number of ether oxygens (including phenoxy) is 1. The normalized spacial score (nSPS) is 18.7. The number of carbonyl (C=O) groups is 1. The standard InChI is InChI=1S/C20H15F3N4O2/c21-20(22,23)13-2-4-14(5-3-13)29-15-7-12(8-15)11-1-6-18-16(9-11)17(10-25-18)19(28)26-27-24/h1-6,9-10,12,15,25H,7-8H2/t12-,15-. The highest BCUT2D eigenvalue weighted by molar-refractivity contribution is 6.07. The second-order valence-corrected chi connectivity index (χ2v) is 6.93. The first-order chi connectivity index (χ1) is 13.8. The van der Waals surface area contributed by atoms with Gasteiger partial charge < -0.3 is 9.72 Å². The molecule has 0 bridgehead atoms. The van der Waals surface area contributed by atoms with Crippen molar-refractivity contribution >= 4 is 16.8 Å². The van der Waals surface area contributed by atoms with Crippen molar-refractivity contribution in [3.63, 3.8) is 0 Å². The van der Waals surface area contributed by atoms with E-state index in [9.17, 15) is 18.0 Å². The van der Waals surface area contributed by atoms with Gasteiger partial charge in [-0.3, -0.25) is 4.79 Å². The number of nitrogens with one attached hydrogen (secondary N) is 1. The molecule has 3 aromatic rings. The molecule has 1 saturated carbocycles. The van der Waals surface area contributed by atoms with Crippen LogP contribution < -0.4 is 4.74 Å². The number of nitrogens with zero attached hydrogens (tertiary/aromatic N) is 3. The predicted molar refractivity (Wildman–Crippen MR) is 99.6 cm³/mol. The van der Waals surface area contributed by atoms with Gasteiger partial charge >= 0.3 is 6.18 Å². The van der Waals surface area contributed by atoms with E-state index in [1.807, 2.05) is 18.2 Å². The number of fused-ring (bicyclic) bond motifs is 1. The third-order valence-electron chi connectivity index (χ3n) is 5.12. The molecule has 6 nitrogen and oxygen atoms in total. The van der Waals surface area contributed by atoms with Gasteiger partial charge in [0.05, 0.1) is 11.7 Å². The topological polar surface area (TPSA) is 90.9 Å². The summed E-state index contributed by atoms with van der Waals surface area (Å²) in [6.45, 7) is 0. The Morgan fingerprint density at radius 3 is 2.55 bits per heavy atom. The number of hydrogen-bond acceptors (Lipinski definition) is 2. The van der Waals surface area contributed by atoms with E-state index >= 15 is 0 Å². The molecule has 148 valence electrons. The largest absolute Gasteiger partial charge is 0.490 e. The van der Waals surface area contributed by atoms with Gasteiger partial charge in [-0.1, -0.05) is 6.07 Å². The van der Waals surface area contributed by atoms with Gasteiger partial charge in [0.15, 0.2) is 0 Å². The maximum absolute atomic E-state index is 12.6. The molecule has 2 aromatic carbocycles. The molecule has 1 aliphatic rings. The number of alkyl halides is 3. The molecule has 0 atom stereocenters. The van der Waals surface area contributed by atoms with Crippen LogP contribution in [0.5, 0.6) is 5.75 Å². The fourth-order valence-corrected chi connectivity index (χ4v) is 3.51. The first-order valence-corrected chi connectivity index (χ1v) is 8.89. The molecule has 0 spiro atoms. The summed E-state index contributed by atoms with van der Waals surface area (Å²) in [5.74, 6) is -0.0195. The molecule has 0 aliphatic heterocycles. The van der Waals surface area contributed by atoms with E-state index in [4.69, 9.17) is 10.3 Å². The fraction of sp³-hybridized carbons (Fsp3) is 0.250. The number of azide groups is 1.